The first-order valence-corrected chi connectivity index (χ1v) is 7.44. The monoisotopic (exact) mass is 364 g/mol. The molecule has 3 rings (SSSR count). The summed E-state index contributed by atoms with van der Waals surface area (Å²) >= 11 is 5.84. The molecule has 0 unspecified atom stereocenters. The van der Waals surface area contributed by atoms with Gasteiger partial charge in [0.25, 0.3) is 0 Å². The van der Waals surface area contributed by atoms with Gasteiger partial charge in [0, 0.05) is 16.8 Å². The van der Waals surface area contributed by atoms with Crippen LogP contribution in [0, 0.1) is 11.6 Å². The first kappa shape index (κ1) is 16.8. The van der Waals surface area contributed by atoms with E-state index in [0.29, 0.717) is 10.7 Å². The number of amides is 2. The molecule has 128 valence electrons. The lowest BCUT2D eigenvalue weighted by Crippen LogP contribution is -2.29. The largest absolute Gasteiger partial charge is 0.330 e. The number of nitrogens with one attached hydrogen (secondary N) is 2. The smallest absolute Gasteiger partial charge is 0.319 e. The highest BCUT2D eigenvalue weighted by Crippen LogP contribution is 2.15. The molecular formula is C15H11ClF2N6O. The molecular weight excluding hydrogens is 354 g/mol. The fourth-order valence-electron chi connectivity index (χ4n) is 2.03. The van der Waals surface area contributed by atoms with Gasteiger partial charge in [-0.15, -0.1) is 5.10 Å². The van der Waals surface area contributed by atoms with Crippen molar-refractivity contribution in [2.24, 2.45) is 0 Å². The third-order valence-corrected chi connectivity index (χ3v) is 3.41. The van der Waals surface area contributed by atoms with E-state index in [1.807, 2.05) is 0 Å². The number of hydrogen-bond donors (Lipinski definition) is 2. The molecule has 0 saturated heterocycles. The second-order valence-corrected chi connectivity index (χ2v) is 5.36. The van der Waals surface area contributed by atoms with Crippen LogP contribution in [0.15, 0.2) is 42.5 Å². The van der Waals surface area contributed by atoms with Crippen LogP contribution in [0.5, 0.6) is 0 Å². The Labute approximate surface area is 145 Å². The zero-order valence-electron chi connectivity index (χ0n) is 12.6. The predicted octanol–water partition coefficient (Wildman–Crippen LogP) is 2.92. The Morgan fingerprint density at radius 1 is 1.16 bits per heavy atom. The van der Waals surface area contributed by atoms with Gasteiger partial charge in [-0.25, -0.2) is 13.6 Å². The number of hydrogen-bond acceptors (Lipinski definition) is 4. The summed E-state index contributed by atoms with van der Waals surface area (Å²) in [5, 5.41) is 16.6. The van der Waals surface area contributed by atoms with Crippen molar-refractivity contribution in [3.05, 3.63) is 64.9 Å². The van der Waals surface area contributed by atoms with Crippen molar-refractivity contribution in [3.8, 4) is 5.69 Å². The van der Waals surface area contributed by atoms with Crippen LogP contribution < -0.4 is 10.6 Å². The molecule has 2 aromatic carbocycles. The average molecular weight is 365 g/mol. The van der Waals surface area contributed by atoms with Crippen LogP contribution >= 0.6 is 11.6 Å². The zero-order chi connectivity index (χ0) is 17.8. The van der Waals surface area contributed by atoms with Crippen molar-refractivity contribution in [3.63, 3.8) is 0 Å². The molecule has 0 saturated carbocycles. The van der Waals surface area contributed by atoms with E-state index in [2.05, 4.69) is 26.2 Å². The summed E-state index contributed by atoms with van der Waals surface area (Å²) in [4.78, 5) is 11.9. The number of anilines is 1. The molecule has 7 nitrogen and oxygen atoms in total. The average Bonchev–Trinajstić information content (AvgIpc) is 3.04. The predicted molar refractivity (Wildman–Crippen MR) is 86.4 cm³/mol. The molecule has 0 aliphatic rings. The Hall–Kier alpha value is -3.07. The molecule has 0 aliphatic carbocycles. The van der Waals surface area contributed by atoms with Crippen LogP contribution in [0.2, 0.25) is 5.02 Å². The van der Waals surface area contributed by atoms with Crippen LogP contribution in [-0.4, -0.2) is 26.2 Å². The van der Waals surface area contributed by atoms with Gasteiger partial charge in [0.2, 0.25) is 0 Å². The molecule has 0 bridgehead atoms. The van der Waals surface area contributed by atoms with Gasteiger partial charge in [-0.05, 0) is 40.8 Å². The Morgan fingerprint density at radius 2 is 2.00 bits per heavy atom. The molecule has 1 heterocycles. The van der Waals surface area contributed by atoms with E-state index in [4.69, 9.17) is 11.6 Å². The Balaban J connectivity index is 1.67. The molecule has 1 aromatic heterocycles. The number of benzene rings is 2. The summed E-state index contributed by atoms with van der Waals surface area (Å²) in [6, 6.07) is 9.40. The topological polar surface area (TPSA) is 84.7 Å². The second-order valence-electron chi connectivity index (χ2n) is 4.92. The lowest BCUT2D eigenvalue weighted by atomic mass is 10.3. The van der Waals surface area contributed by atoms with Crippen molar-refractivity contribution in [1.29, 1.82) is 0 Å². The SMILES string of the molecule is O=C(NCc1nnnn1-c1ccc(F)c(F)c1)Nc1cccc(Cl)c1. The van der Waals surface area contributed by atoms with Crippen LogP contribution in [0.25, 0.3) is 5.69 Å². The lowest BCUT2D eigenvalue weighted by molar-refractivity contribution is 0.251. The first-order chi connectivity index (χ1) is 12.0. The van der Waals surface area contributed by atoms with Crippen molar-refractivity contribution < 1.29 is 13.6 Å². The molecule has 0 spiro atoms. The van der Waals surface area contributed by atoms with Crippen LogP contribution in [0.1, 0.15) is 5.82 Å². The molecule has 10 heteroatoms. The highest BCUT2D eigenvalue weighted by Gasteiger charge is 2.12. The molecule has 0 fully saturated rings. The maximum atomic E-state index is 13.3. The molecule has 0 radical (unpaired) electrons. The Bertz CT molecular complexity index is 917. The molecule has 0 atom stereocenters. The standard InChI is InChI=1S/C15H11ClF2N6O/c16-9-2-1-3-10(6-9)20-15(25)19-8-14-21-22-23-24(14)11-4-5-12(17)13(18)7-11/h1-7H,8H2,(H2,19,20,25). The van der Waals surface area contributed by atoms with E-state index in [0.717, 1.165) is 12.1 Å². The Morgan fingerprint density at radius 3 is 2.76 bits per heavy atom. The minimum absolute atomic E-state index is 0.0294. The molecule has 3 aromatic rings. The van der Waals surface area contributed by atoms with Gasteiger partial charge >= 0.3 is 6.03 Å². The first-order valence-electron chi connectivity index (χ1n) is 7.06. The van der Waals surface area contributed by atoms with Gasteiger partial charge < -0.3 is 10.6 Å². The molecule has 2 N–H and O–H groups in total. The van der Waals surface area contributed by atoms with E-state index < -0.39 is 17.7 Å². The zero-order valence-corrected chi connectivity index (χ0v) is 13.3. The van der Waals surface area contributed by atoms with Crippen molar-refractivity contribution in [2.75, 3.05) is 5.32 Å². The summed E-state index contributed by atoms with van der Waals surface area (Å²) in [5.74, 6) is -1.75. The maximum absolute atomic E-state index is 13.3. The number of urea groups is 1. The summed E-state index contributed by atoms with van der Waals surface area (Å²) in [6.45, 7) is -0.0294. The summed E-state index contributed by atoms with van der Waals surface area (Å²) in [7, 11) is 0. The van der Waals surface area contributed by atoms with E-state index in [9.17, 15) is 13.6 Å². The highest BCUT2D eigenvalue weighted by molar-refractivity contribution is 6.30. The second kappa shape index (κ2) is 7.22. The number of aromatic nitrogens is 4. The fourth-order valence-corrected chi connectivity index (χ4v) is 2.22. The van der Waals surface area contributed by atoms with Crippen molar-refractivity contribution in [1.82, 2.24) is 25.5 Å². The van der Waals surface area contributed by atoms with Gasteiger partial charge in [-0.1, -0.05) is 17.7 Å². The molecule has 0 aliphatic heterocycles. The van der Waals surface area contributed by atoms with Crippen LogP contribution in [0.4, 0.5) is 19.3 Å². The van der Waals surface area contributed by atoms with Crippen LogP contribution in [0.3, 0.4) is 0 Å². The number of tetrazole rings is 1. The number of carbonyl (C=O) groups excluding carboxylic acids is 1. The third kappa shape index (κ3) is 4.07. The quantitative estimate of drug-likeness (QED) is 0.745. The molecule has 25 heavy (non-hydrogen) atoms. The number of halogens is 3. The van der Waals surface area contributed by atoms with E-state index >= 15 is 0 Å². The number of rotatable bonds is 4. The van der Waals surface area contributed by atoms with Crippen LogP contribution in [-0.2, 0) is 6.54 Å². The number of nitrogens with zero attached hydrogens (tertiary/aromatic N) is 4. The fraction of sp³-hybridized carbons (Fsp3) is 0.0667. The van der Waals surface area contributed by atoms with Gasteiger partial charge in [0.1, 0.15) is 0 Å². The lowest BCUT2D eigenvalue weighted by Gasteiger charge is -2.08. The van der Waals surface area contributed by atoms with Gasteiger partial charge in [-0.3, -0.25) is 0 Å². The van der Waals surface area contributed by atoms with E-state index in [1.165, 1.54) is 10.7 Å². The van der Waals surface area contributed by atoms with Gasteiger partial charge in [0.15, 0.2) is 17.5 Å². The normalized spacial score (nSPS) is 10.5. The maximum Gasteiger partial charge on any atom is 0.319 e. The molecule has 2 amide bonds. The summed E-state index contributed by atoms with van der Waals surface area (Å²) in [6.07, 6.45) is 0. The van der Waals surface area contributed by atoms with E-state index in [1.54, 1.807) is 24.3 Å². The summed E-state index contributed by atoms with van der Waals surface area (Å²) < 4.78 is 27.6. The van der Waals surface area contributed by atoms with Gasteiger partial charge in [0.05, 0.1) is 12.2 Å². The minimum atomic E-state index is -1.02. The van der Waals surface area contributed by atoms with Crippen molar-refractivity contribution >= 4 is 23.3 Å². The van der Waals surface area contributed by atoms with Crippen molar-refractivity contribution in [2.45, 2.75) is 6.54 Å². The highest BCUT2D eigenvalue weighted by atomic mass is 35.5. The minimum Gasteiger partial charge on any atom is -0.330 e. The Kier molecular flexibility index (Phi) is 4.85. The number of carbonyl (C=O) groups is 1. The third-order valence-electron chi connectivity index (χ3n) is 3.17. The van der Waals surface area contributed by atoms with Gasteiger partial charge in [-0.2, -0.15) is 4.68 Å². The van der Waals surface area contributed by atoms with E-state index in [-0.39, 0.29) is 18.1 Å². The summed E-state index contributed by atoms with van der Waals surface area (Å²) in [5.41, 5.74) is 0.751.